The second-order valence-electron chi connectivity index (χ2n) is 5.88. The van der Waals surface area contributed by atoms with Gasteiger partial charge in [-0.2, -0.15) is 5.26 Å². The van der Waals surface area contributed by atoms with Crippen molar-refractivity contribution in [1.82, 2.24) is 0 Å². The predicted molar refractivity (Wildman–Crippen MR) is 61.1 cm³/mol. The number of hydrogen-bond donors (Lipinski definition) is 0. The van der Waals surface area contributed by atoms with E-state index in [4.69, 9.17) is 10.00 Å². The van der Waals surface area contributed by atoms with Crippen LogP contribution in [0.25, 0.3) is 0 Å². The molecular weight excluding hydrogens is 186 g/mol. The van der Waals surface area contributed by atoms with Gasteiger partial charge in [0.15, 0.2) is 0 Å². The van der Waals surface area contributed by atoms with Crippen LogP contribution in [0.4, 0.5) is 0 Å². The van der Waals surface area contributed by atoms with Gasteiger partial charge in [0, 0.05) is 5.41 Å². The molecule has 0 aromatic carbocycles. The number of nitriles is 1. The molecule has 2 unspecified atom stereocenters. The smallest absolute Gasteiger partial charge is 0.286 e. The van der Waals surface area contributed by atoms with E-state index in [0.717, 1.165) is 6.42 Å². The van der Waals surface area contributed by atoms with Gasteiger partial charge in [-0.25, -0.2) is 0 Å². The average molecular weight is 209 g/mol. The summed E-state index contributed by atoms with van der Waals surface area (Å²) in [6.45, 7) is 11.4. The summed E-state index contributed by atoms with van der Waals surface area (Å²) >= 11 is 0. The molecule has 2 nitrogen and oxygen atoms in total. The third kappa shape index (κ3) is 1.85. The van der Waals surface area contributed by atoms with Crippen molar-refractivity contribution in [2.45, 2.75) is 60.0 Å². The first kappa shape index (κ1) is 12.4. The highest BCUT2D eigenvalue weighted by Gasteiger charge is 2.52. The largest absolute Gasteiger partial charge is 0.424 e. The van der Waals surface area contributed by atoms with Crippen molar-refractivity contribution in [3.05, 3.63) is 0 Å². The van der Waals surface area contributed by atoms with Gasteiger partial charge < -0.3 is 4.74 Å². The number of rotatable bonds is 3. The lowest BCUT2D eigenvalue weighted by molar-refractivity contribution is -0.0513. The average Bonchev–Trinajstić information content (AvgIpc) is 2.50. The summed E-state index contributed by atoms with van der Waals surface area (Å²) in [5.74, 6) is 0.602. The van der Waals surface area contributed by atoms with Crippen molar-refractivity contribution in [3.63, 3.8) is 0 Å². The van der Waals surface area contributed by atoms with Gasteiger partial charge in [-0.3, -0.25) is 0 Å². The van der Waals surface area contributed by atoms with Gasteiger partial charge in [0.1, 0.15) is 6.10 Å². The van der Waals surface area contributed by atoms with Crippen LogP contribution in [0.3, 0.4) is 0 Å². The standard InChI is InChI=1S/C13H23NO/c1-10(2)12(3,4)13(5)8-6-7-11(13)15-9-14/h10-11H,6-8H2,1-5H3. The predicted octanol–water partition coefficient (Wildman–Crippen LogP) is 3.73. The lowest BCUT2D eigenvalue weighted by atomic mass is 9.59. The SMILES string of the molecule is CC(C)C(C)(C)C1(C)CCCC1OC#N. The van der Waals surface area contributed by atoms with E-state index in [1.807, 2.05) is 6.26 Å². The van der Waals surface area contributed by atoms with Crippen LogP contribution in [-0.2, 0) is 4.74 Å². The molecule has 86 valence electrons. The quantitative estimate of drug-likeness (QED) is 0.663. The van der Waals surface area contributed by atoms with Gasteiger partial charge in [-0.05, 0) is 30.6 Å². The Kier molecular flexibility index (Phi) is 3.33. The number of nitrogens with zero attached hydrogens (tertiary/aromatic N) is 1. The molecule has 1 saturated carbocycles. The van der Waals surface area contributed by atoms with Crippen LogP contribution in [0.2, 0.25) is 0 Å². The van der Waals surface area contributed by atoms with Gasteiger partial charge in [-0.1, -0.05) is 34.6 Å². The van der Waals surface area contributed by atoms with Gasteiger partial charge >= 0.3 is 0 Å². The highest BCUT2D eigenvalue weighted by molar-refractivity contribution is 5.01. The van der Waals surface area contributed by atoms with Crippen LogP contribution in [-0.4, -0.2) is 6.10 Å². The highest BCUT2D eigenvalue weighted by atomic mass is 16.5. The molecule has 0 aliphatic heterocycles. The fraction of sp³-hybridized carbons (Fsp3) is 0.923. The van der Waals surface area contributed by atoms with Crippen LogP contribution in [0.15, 0.2) is 0 Å². The molecule has 0 amide bonds. The summed E-state index contributed by atoms with van der Waals surface area (Å²) in [5, 5.41) is 8.69. The molecule has 0 N–H and O–H groups in total. The first-order valence-electron chi connectivity index (χ1n) is 5.91. The van der Waals surface area contributed by atoms with Crippen molar-refractivity contribution < 1.29 is 4.74 Å². The minimum Gasteiger partial charge on any atom is -0.424 e. The second-order valence-corrected chi connectivity index (χ2v) is 5.88. The molecule has 0 radical (unpaired) electrons. The van der Waals surface area contributed by atoms with Crippen LogP contribution < -0.4 is 0 Å². The van der Waals surface area contributed by atoms with Crippen LogP contribution in [0.5, 0.6) is 0 Å². The summed E-state index contributed by atoms with van der Waals surface area (Å²) < 4.78 is 5.26. The zero-order valence-electron chi connectivity index (χ0n) is 10.6. The van der Waals surface area contributed by atoms with Crippen LogP contribution >= 0.6 is 0 Å². The normalized spacial score (nSPS) is 31.7. The Balaban J connectivity index is 2.94. The van der Waals surface area contributed by atoms with Gasteiger partial charge in [-0.15, -0.1) is 0 Å². The van der Waals surface area contributed by atoms with Gasteiger partial charge in [0.2, 0.25) is 0 Å². The Labute approximate surface area is 93.6 Å². The molecule has 0 heterocycles. The first-order valence-corrected chi connectivity index (χ1v) is 5.91. The third-order valence-electron chi connectivity index (χ3n) is 4.98. The van der Waals surface area contributed by atoms with E-state index >= 15 is 0 Å². The fourth-order valence-electron chi connectivity index (χ4n) is 2.78. The topological polar surface area (TPSA) is 33.0 Å². The Bertz CT molecular complexity index is 264. The van der Waals surface area contributed by atoms with Crippen molar-refractivity contribution >= 4 is 0 Å². The molecule has 1 aliphatic carbocycles. The van der Waals surface area contributed by atoms with E-state index in [2.05, 4.69) is 34.6 Å². The van der Waals surface area contributed by atoms with Crippen molar-refractivity contribution in [2.24, 2.45) is 16.7 Å². The molecule has 0 saturated heterocycles. The van der Waals surface area contributed by atoms with Crippen LogP contribution in [0, 0.1) is 28.3 Å². The van der Waals surface area contributed by atoms with Gasteiger partial charge in [0.05, 0.1) is 0 Å². The Morgan fingerprint density at radius 2 is 2.07 bits per heavy atom. The van der Waals surface area contributed by atoms with E-state index in [1.54, 1.807) is 0 Å². The van der Waals surface area contributed by atoms with Crippen LogP contribution in [0.1, 0.15) is 53.9 Å². The van der Waals surface area contributed by atoms with E-state index in [9.17, 15) is 0 Å². The summed E-state index contributed by atoms with van der Waals surface area (Å²) in [6.07, 6.45) is 5.37. The minimum absolute atomic E-state index is 0.111. The molecule has 2 heteroatoms. The zero-order valence-corrected chi connectivity index (χ0v) is 10.6. The Hall–Kier alpha value is -0.710. The number of hydrogen-bond acceptors (Lipinski definition) is 2. The summed E-state index contributed by atoms with van der Waals surface area (Å²) in [5.41, 5.74) is 0.349. The first-order chi connectivity index (χ1) is 6.86. The summed E-state index contributed by atoms with van der Waals surface area (Å²) in [4.78, 5) is 0. The molecule has 15 heavy (non-hydrogen) atoms. The second kappa shape index (κ2) is 4.04. The van der Waals surface area contributed by atoms with Crippen molar-refractivity contribution in [3.8, 4) is 6.26 Å². The molecule has 1 fully saturated rings. The lowest BCUT2D eigenvalue weighted by Gasteiger charge is -2.47. The molecule has 0 aromatic rings. The van der Waals surface area contributed by atoms with E-state index < -0.39 is 0 Å². The molecule has 2 atom stereocenters. The summed E-state index contributed by atoms with van der Waals surface area (Å²) in [6, 6.07) is 0. The molecule has 0 bridgehead atoms. The van der Waals surface area contributed by atoms with E-state index in [1.165, 1.54) is 12.8 Å². The van der Waals surface area contributed by atoms with E-state index in [0.29, 0.717) is 5.92 Å². The maximum atomic E-state index is 8.69. The maximum Gasteiger partial charge on any atom is 0.286 e. The Morgan fingerprint density at radius 1 is 1.47 bits per heavy atom. The molecular formula is C13H23NO. The molecule has 0 aromatic heterocycles. The Morgan fingerprint density at radius 3 is 2.53 bits per heavy atom. The highest BCUT2D eigenvalue weighted by Crippen LogP contribution is 2.55. The van der Waals surface area contributed by atoms with E-state index in [-0.39, 0.29) is 16.9 Å². The lowest BCUT2D eigenvalue weighted by Crippen LogP contribution is -2.45. The third-order valence-corrected chi connectivity index (χ3v) is 4.98. The zero-order chi connectivity index (χ0) is 11.7. The summed E-state index contributed by atoms with van der Waals surface area (Å²) in [7, 11) is 0. The maximum absolute atomic E-state index is 8.69. The van der Waals surface area contributed by atoms with Crippen molar-refractivity contribution in [2.75, 3.05) is 0 Å². The molecule has 1 rings (SSSR count). The minimum atomic E-state index is 0.111. The van der Waals surface area contributed by atoms with Gasteiger partial charge in [0.25, 0.3) is 6.26 Å². The molecule has 0 spiro atoms. The number of ether oxygens (including phenoxy) is 1. The van der Waals surface area contributed by atoms with Crippen molar-refractivity contribution in [1.29, 1.82) is 5.26 Å². The fourth-order valence-corrected chi connectivity index (χ4v) is 2.78. The molecule has 1 aliphatic rings. The monoisotopic (exact) mass is 209 g/mol.